The molecule has 6 nitrogen and oxygen atoms in total. The van der Waals surface area contributed by atoms with Gasteiger partial charge in [0.2, 0.25) is 5.91 Å². The van der Waals surface area contributed by atoms with Crippen molar-refractivity contribution in [3.8, 4) is 5.75 Å². The molecule has 0 radical (unpaired) electrons. The zero-order valence-corrected chi connectivity index (χ0v) is 13.6. The number of methoxy groups -OCH3 is 1. The topological polar surface area (TPSA) is 80.6 Å². The van der Waals surface area contributed by atoms with E-state index in [-0.39, 0.29) is 18.4 Å². The fourth-order valence-corrected chi connectivity index (χ4v) is 2.57. The normalized spacial score (nSPS) is 13.5. The Balaban J connectivity index is 2.16. The van der Waals surface area contributed by atoms with Crippen LogP contribution in [0.2, 0.25) is 0 Å². The summed E-state index contributed by atoms with van der Waals surface area (Å²) in [5.74, 6) is -0.715. The van der Waals surface area contributed by atoms with Gasteiger partial charge in [0.15, 0.2) is 0 Å². The van der Waals surface area contributed by atoms with Gasteiger partial charge >= 0.3 is 5.97 Å². The number of hydrogen-bond acceptors (Lipinski definition) is 3. The lowest BCUT2D eigenvalue weighted by Crippen LogP contribution is -2.46. The average Bonchev–Trinajstić information content (AvgIpc) is 2.94. The number of nitrogens with one attached hydrogen (secondary N) is 1. The first kappa shape index (κ1) is 16.9. The summed E-state index contributed by atoms with van der Waals surface area (Å²) in [6, 6.07) is 6.62. The van der Waals surface area contributed by atoms with E-state index in [0.29, 0.717) is 6.42 Å². The summed E-state index contributed by atoms with van der Waals surface area (Å²) in [6.07, 6.45) is 2.48. The molecule has 0 saturated heterocycles. The first-order valence-electron chi connectivity index (χ1n) is 7.62. The van der Waals surface area contributed by atoms with Gasteiger partial charge in [0.05, 0.1) is 12.6 Å². The molecule has 2 aromatic rings. The molecule has 0 saturated carbocycles. The van der Waals surface area contributed by atoms with Crippen molar-refractivity contribution in [1.29, 1.82) is 0 Å². The maximum absolute atomic E-state index is 12.2. The minimum absolute atomic E-state index is 0.0664. The second kappa shape index (κ2) is 7.17. The van der Waals surface area contributed by atoms with Gasteiger partial charge in [0, 0.05) is 11.6 Å². The number of carboxylic acid groups (broad SMARTS) is 1. The van der Waals surface area contributed by atoms with E-state index in [1.165, 1.54) is 0 Å². The van der Waals surface area contributed by atoms with Gasteiger partial charge in [0.1, 0.15) is 18.3 Å². The third-order valence-corrected chi connectivity index (χ3v) is 4.10. The quantitative estimate of drug-likeness (QED) is 0.820. The molecule has 0 aliphatic carbocycles. The van der Waals surface area contributed by atoms with Crippen LogP contribution in [0.4, 0.5) is 0 Å². The highest BCUT2D eigenvalue weighted by molar-refractivity contribution is 5.89. The fourth-order valence-electron chi connectivity index (χ4n) is 2.57. The van der Waals surface area contributed by atoms with Gasteiger partial charge in [-0.1, -0.05) is 26.3 Å². The smallest absolute Gasteiger partial charge is 0.326 e. The summed E-state index contributed by atoms with van der Waals surface area (Å²) in [6.45, 7) is 3.78. The van der Waals surface area contributed by atoms with Crippen molar-refractivity contribution in [3.05, 3.63) is 30.5 Å². The zero-order valence-electron chi connectivity index (χ0n) is 13.6. The number of hydrogen-bond donors (Lipinski definition) is 2. The van der Waals surface area contributed by atoms with E-state index < -0.39 is 12.0 Å². The number of rotatable bonds is 7. The Morgan fingerprint density at radius 1 is 1.35 bits per heavy atom. The zero-order chi connectivity index (χ0) is 17.0. The number of benzene rings is 1. The van der Waals surface area contributed by atoms with Crippen molar-refractivity contribution in [1.82, 2.24) is 9.88 Å². The molecule has 1 amide bonds. The van der Waals surface area contributed by atoms with E-state index in [0.717, 1.165) is 16.7 Å². The molecular formula is C17H22N2O4. The van der Waals surface area contributed by atoms with Crippen molar-refractivity contribution in [3.63, 3.8) is 0 Å². The Bertz CT molecular complexity index is 708. The third kappa shape index (κ3) is 3.64. The molecule has 0 aliphatic rings. The minimum Gasteiger partial charge on any atom is -0.496 e. The average molecular weight is 318 g/mol. The van der Waals surface area contributed by atoms with Gasteiger partial charge < -0.3 is 19.7 Å². The first-order valence-corrected chi connectivity index (χ1v) is 7.62. The SMILES string of the molecule is CCC(C)C(NC(=O)Cn1ccc2c(OC)cccc21)C(=O)O. The van der Waals surface area contributed by atoms with Crippen LogP contribution >= 0.6 is 0 Å². The lowest BCUT2D eigenvalue weighted by molar-refractivity contribution is -0.143. The van der Waals surface area contributed by atoms with Crippen molar-refractivity contribution < 1.29 is 19.4 Å². The number of amides is 1. The number of ether oxygens (including phenoxy) is 1. The number of aliphatic carboxylic acids is 1. The second-order valence-corrected chi connectivity index (χ2v) is 5.61. The molecule has 1 heterocycles. The van der Waals surface area contributed by atoms with Crippen molar-refractivity contribution in [2.75, 3.05) is 7.11 Å². The van der Waals surface area contributed by atoms with E-state index in [1.54, 1.807) is 17.9 Å². The van der Waals surface area contributed by atoms with E-state index in [1.807, 2.05) is 38.1 Å². The van der Waals surface area contributed by atoms with E-state index in [2.05, 4.69) is 5.32 Å². The van der Waals surface area contributed by atoms with Gasteiger partial charge in [-0.05, 0) is 24.1 Å². The number of carbonyl (C=O) groups is 2. The van der Waals surface area contributed by atoms with Gasteiger partial charge in [-0.15, -0.1) is 0 Å². The maximum atomic E-state index is 12.2. The Morgan fingerprint density at radius 3 is 2.70 bits per heavy atom. The van der Waals surface area contributed by atoms with Crippen LogP contribution in [-0.2, 0) is 16.1 Å². The largest absolute Gasteiger partial charge is 0.496 e. The lowest BCUT2D eigenvalue weighted by Gasteiger charge is -2.20. The van der Waals surface area contributed by atoms with Crippen molar-refractivity contribution in [2.24, 2.45) is 5.92 Å². The van der Waals surface area contributed by atoms with Crippen molar-refractivity contribution in [2.45, 2.75) is 32.9 Å². The summed E-state index contributed by atoms with van der Waals surface area (Å²) in [4.78, 5) is 23.5. The molecule has 2 atom stereocenters. The van der Waals surface area contributed by atoms with E-state index in [9.17, 15) is 14.7 Å². The van der Waals surface area contributed by atoms with E-state index >= 15 is 0 Å². The molecule has 1 aromatic carbocycles. The molecule has 0 bridgehead atoms. The fraction of sp³-hybridized carbons (Fsp3) is 0.412. The van der Waals surface area contributed by atoms with Crippen LogP contribution in [0.15, 0.2) is 30.5 Å². The molecule has 2 rings (SSSR count). The Kier molecular flexibility index (Phi) is 5.26. The van der Waals surface area contributed by atoms with Gasteiger partial charge in [0.25, 0.3) is 0 Å². The molecule has 0 spiro atoms. The van der Waals surface area contributed by atoms with Crippen LogP contribution in [0, 0.1) is 5.92 Å². The monoisotopic (exact) mass is 318 g/mol. The minimum atomic E-state index is -1.01. The molecule has 23 heavy (non-hydrogen) atoms. The van der Waals surface area contributed by atoms with Crippen LogP contribution in [0.3, 0.4) is 0 Å². The predicted octanol–water partition coefficient (Wildman–Crippen LogP) is 2.27. The third-order valence-electron chi connectivity index (χ3n) is 4.10. The maximum Gasteiger partial charge on any atom is 0.326 e. The van der Waals surface area contributed by atoms with Crippen LogP contribution < -0.4 is 10.1 Å². The summed E-state index contributed by atoms with van der Waals surface area (Å²) in [5, 5.41) is 12.8. The number of carbonyl (C=O) groups excluding carboxylic acids is 1. The molecular weight excluding hydrogens is 296 g/mol. The van der Waals surface area contributed by atoms with Crippen LogP contribution in [-0.4, -0.2) is 34.7 Å². The highest BCUT2D eigenvalue weighted by Crippen LogP contribution is 2.26. The van der Waals surface area contributed by atoms with Crippen LogP contribution in [0.25, 0.3) is 10.9 Å². The molecule has 0 aliphatic heterocycles. The second-order valence-electron chi connectivity index (χ2n) is 5.61. The lowest BCUT2D eigenvalue weighted by atomic mass is 9.99. The van der Waals surface area contributed by atoms with E-state index in [4.69, 9.17) is 4.74 Å². The van der Waals surface area contributed by atoms with Crippen LogP contribution in [0.1, 0.15) is 20.3 Å². The van der Waals surface area contributed by atoms with Crippen LogP contribution in [0.5, 0.6) is 5.75 Å². The van der Waals surface area contributed by atoms with Gasteiger partial charge in [-0.2, -0.15) is 0 Å². The molecule has 1 aromatic heterocycles. The molecule has 2 N–H and O–H groups in total. The molecule has 6 heteroatoms. The van der Waals surface area contributed by atoms with Gasteiger partial charge in [-0.3, -0.25) is 4.79 Å². The molecule has 124 valence electrons. The first-order chi connectivity index (χ1) is 11.0. The Morgan fingerprint density at radius 2 is 2.09 bits per heavy atom. The highest BCUT2D eigenvalue weighted by atomic mass is 16.5. The molecule has 2 unspecified atom stereocenters. The predicted molar refractivity (Wildman–Crippen MR) is 87.5 cm³/mol. The Hall–Kier alpha value is -2.50. The summed E-state index contributed by atoms with van der Waals surface area (Å²) in [7, 11) is 1.60. The number of nitrogens with zero attached hydrogens (tertiary/aromatic N) is 1. The summed E-state index contributed by atoms with van der Waals surface area (Å²) < 4.78 is 7.08. The summed E-state index contributed by atoms with van der Waals surface area (Å²) >= 11 is 0. The highest BCUT2D eigenvalue weighted by Gasteiger charge is 2.25. The Labute approximate surface area is 135 Å². The number of aromatic nitrogens is 1. The van der Waals surface area contributed by atoms with Gasteiger partial charge in [-0.25, -0.2) is 4.79 Å². The standard InChI is InChI=1S/C17H22N2O4/c1-4-11(2)16(17(21)22)18-15(20)10-19-9-8-12-13(19)6-5-7-14(12)23-3/h5-9,11,16H,4,10H2,1-3H3,(H,18,20)(H,21,22). The number of carboxylic acids is 1. The van der Waals surface area contributed by atoms with Crippen molar-refractivity contribution >= 4 is 22.8 Å². The molecule has 0 fully saturated rings. The summed E-state index contributed by atoms with van der Waals surface area (Å²) in [5.41, 5.74) is 0.870. The number of fused-ring (bicyclic) bond motifs is 1.